The van der Waals surface area contributed by atoms with Gasteiger partial charge in [-0.05, 0) is 0 Å². The molecule has 1 aromatic rings. The van der Waals surface area contributed by atoms with E-state index in [9.17, 15) is 13.2 Å². The van der Waals surface area contributed by atoms with Crippen LogP contribution in [0.25, 0.3) is 0 Å². The van der Waals surface area contributed by atoms with E-state index in [1.54, 1.807) is 6.92 Å². The molecular weight excluding hydrogens is 251 g/mol. The molecule has 1 aromatic carbocycles. The van der Waals surface area contributed by atoms with E-state index in [0.717, 1.165) is 0 Å². The van der Waals surface area contributed by atoms with E-state index in [1.807, 2.05) is 0 Å². The average Bonchev–Trinajstić information content (AvgIpc) is 2.36. The summed E-state index contributed by atoms with van der Waals surface area (Å²) in [7, 11) is 0.934. The molecule has 0 fully saturated rings. The van der Waals surface area contributed by atoms with Crippen molar-refractivity contribution in [2.75, 3.05) is 6.54 Å². The van der Waals surface area contributed by atoms with Gasteiger partial charge in [0, 0.05) is 0 Å². The molecule has 0 aliphatic heterocycles. The number of nitrogens with one attached hydrogen (secondary N) is 1. The number of aryl methyl sites for hydroxylation is 1. The number of amides is 1. The Kier molecular flexibility index (Phi) is 4.55. The summed E-state index contributed by atoms with van der Waals surface area (Å²) in [6.07, 6.45) is 1.53. The van der Waals surface area contributed by atoms with E-state index in [-0.39, 0.29) is 16.4 Å². The van der Waals surface area contributed by atoms with E-state index >= 15 is 0 Å². The second kappa shape index (κ2) is 5.73. The SMILES string of the molecule is [B]=NS(=O)(=O)c1cc(C(=O)NCC=C)ccc1C. The molecule has 93 valence electrons. The number of carbonyl (C=O) groups excluding carboxylic acids is 1. The van der Waals surface area contributed by atoms with E-state index < -0.39 is 10.0 Å². The van der Waals surface area contributed by atoms with Crippen LogP contribution in [0.15, 0.2) is 40.1 Å². The zero-order chi connectivity index (χ0) is 13.8. The van der Waals surface area contributed by atoms with Gasteiger partial charge in [-0.15, -0.1) is 0 Å². The summed E-state index contributed by atoms with van der Waals surface area (Å²) < 4.78 is 26.0. The van der Waals surface area contributed by atoms with Gasteiger partial charge in [0.15, 0.2) is 0 Å². The first-order chi connectivity index (χ1) is 8.42. The van der Waals surface area contributed by atoms with Crippen molar-refractivity contribution in [3.05, 3.63) is 42.0 Å². The third-order valence-corrected chi connectivity index (χ3v) is 3.55. The molecule has 1 amide bonds. The molecule has 1 rings (SSSR count). The van der Waals surface area contributed by atoms with E-state index in [2.05, 4.69) is 16.2 Å². The molecule has 0 aromatic heterocycles. The zero-order valence-corrected chi connectivity index (χ0v) is 10.7. The Balaban J connectivity index is 3.20. The fourth-order valence-corrected chi connectivity index (χ4v) is 2.21. The minimum atomic E-state index is -3.90. The Morgan fingerprint density at radius 2 is 2.22 bits per heavy atom. The van der Waals surface area contributed by atoms with Gasteiger partial charge in [0.05, 0.1) is 0 Å². The summed E-state index contributed by atoms with van der Waals surface area (Å²) in [5, 5.41) is 2.55. The molecule has 0 saturated carbocycles. The Bertz CT molecular complexity index is 596. The van der Waals surface area contributed by atoms with Crippen LogP contribution in [0, 0.1) is 6.92 Å². The van der Waals surface area contributed by atoms with E-state index in [4.69, 9.17) is 7.64 Å². The van der Waals surface area contributed by atoms with Crippen molar-refractivity contribution in [2.24, 2.45) is 4.30 Å². The van der Waals surface area contributed by atoms with Crippen molar-refractivity contribution >= 4 is 23.6 Å². The molecule has 0 atom stereocenters. The fourth-order valence-electron chi connectivity index (χ4n) is 1.34. The zero-order valence-electron chi connectivity index (χ0n) is 9.88. The van der Waals surface area contributed by atoms with Gasteiger partial charge in [-0.3, -0.25) is 0 Å². The molecule has 0 aliphatic rings. The number of rotatable bonds is 5. The quantitative estimate of drug-likeness (QED) is 0.634. The second-order valence-electron chi connectivity index (χ2n) is 3.56. The van der Waals surface area contributed by atoms with Crippen molar-refractivity contribution in [1.82, 2.24) is 5.32 Å². The van der Waals surface area contributed by atoms with Crippen LogP contribution >= 0.6 is 0 Å². The number of sulfonamides is 1. The molecule has 18 heavy (non-hydrogen) atoms. The number of benzene rings is 1. The Morgan fingerprint density at radius 3 is 2.78 bits per heavy atom. The predicted octanol–water partition coefficient (Wildman–Crippen LogP) is 0.952. The molecule has 0 heterocycles. The Hall–Kier alpha value is -1.76. The van der Waals surface area contributed by atoms with Crippen molar-refractivity contribution in [1.29, 1.82) is 0 Å². The standard InChI is InChI=1S/C11H12BN2O3S/c1-3-6-13-11(15)9-5-4-8(2)10(7-9)18(16,17)14-12/h3-5,7H,1,6H2,2H3,(H,13,15). The Morgan fingerprint density at radius 1 is 1.56 bits per heavy atom. The molecular formula is C11H12BN2O3S. The molecule has 0 bridgehead atoms. The second-order valence-corrected chi connectivity index (χ2v) is 5.16. The molecule has 1 N–H and O–H groups in total. The van der Waals surface area contributed by atoms with Gasteiger partial charge in [-0.25, -0.2) is 0 Å². The van der Waals surface area contributed by atoms with Crippen molar-refractivity contribution in [2.45, 2.75) is 11.8 Å². The molecule has 5 nitrogen and oxygen atoms in total. The van der Waals surface area contributed by atoms with Crippen LogP contribution in [-0.4, -0.2) is 28.5 Å². The van der Waals surface area contributed by atoms with Crippen LogP contribution in [-0.2, 0) is 10.0 Å². The van der Waals surface area contributed by atoms with Crippen LogP contribution < -0.4 is 5.32 Å². The first kappa shape index (κ1) is 14.3. The maximum absolute atomic E-state index is 11.7. The third-order valence-electron chi connectivity index (χ3n) is 2.27. The van der Waals surface area contributed by atoms with E-state index in [0.29, 0.717) is 12.1 Å². The van der Waals surface area contributed by atoms with Gasteiger partial charge in [-0.2, -0.15) is 0 Å². The summed E-state index contributed by atoms with van der Waals surface area (Å²) in [5.41, 5.74) is 0.703. The van der Waals surface area contributed by atoms with Crippen LogP contribution in [0.4, 0.5) is 0 Å². The van der Waals surface area contributed by atoms with Crippen molar-refractivity contribution in [3.63, 3.8) is 0 Å². The summed E-state index contributed by atoms with van der Waals surface area (Å²) in [6.45, 7) is 5.37. The van der Waals surface area contributed by atoms with Gasteiger partial charge in [0.2, 0.25) is 0 Å². The third kappa shape index (κ3) is 3.13. The van der Waals surface area contributed by atoms with Crippen molar-refractivity contribution < 1.29 is 13.2 Å². The first-order valence-electron chi connectivity index (χ1n) is 5.09. The van der Waals surface area contributed by atoms with Gasteiger partial charge in [0.25, 0.3) is 0 Å². The molecule has 7 heteroatoms. The topological polar surface area (TPSA) is 75.6 Å². The molecule has 0 saturated heterocycles. The Labute approximate surface area is 107 Å². The van der Waals surface area contributed by atoms with Crippen LogP contribution in [0.1, 0.15) is 15.9 Å². The molecule has 0 unspecified atom stereocenters. The maximum atomic E-state index is 11.7. The molecule has 0 spiro atoms. The average molecular weight is 263 g/mol. The summed E-state index contributed by atoms with van der Waals surface area (Å²) in [5.74, 6) is -0.386. The number of carbonyl (C=O) groups is 1. The molecule has 1 radical (unpaired) electrons. The van der Waals surface area contributed by atoms with Gasteiger partial charge in [0.1, 0.15) is 0 Å². The summed E-state index contributed by atoms with van der Waals surface area (Å²) >= 11 is 0. The number of nitrogens with zero attached hydrogens (tertiary/aromatic N) is 1. The van der Waals surface area contributed by atoms with Crippen LogP contribution in [0.5, 0.6) is 0 Å². The van der Waals surface area contributed by atoms with Gasteiger partial charge in [-0.1, -0.05) is 0 Å². The van der Waals surface area contributed by atoms with Crippen LogP contribution in [0.2, 0.25) is 0 Å². The number of hydrogen-bond donors (Lipinski definition) is 1. The van der Waals surface area contributed by atoms with E-state index in [1.165, 1.54) is 24.3 Å². The fraction of sp³-hybridized carbons (Fsp3) is 0.182. The summed E-state index contributed by atoms with van der Waals surface area (Å²) in [4.78, 5) is 11.6. The van der Waals surface area contributed by atoms with Crippen molar-refractivity contribution in [3.8, 4) is 0 Å². The van der Waals surface area contributed by atoms with Gasteiger partial charge < -0.3 is 0 Å². The summed E-state index contributed by atoms with van der Waals surface area (Å²) in [6, 6.07) is 4.31. The number of hydrogen-bond acceptors (Lipinski definition) is 3. The minimum absolute atomic E-state index is 0.0729. The van der Waals surface area contributed by atoms with Crippen LogP contribution in [0.3, 0.4) is 0 Å². The predicted molar refractivity (Wildman–Crippen MR) is 69.1 cm³/mol. The normalized spacial score (nSPS) is 10.7. The monoisotopic (exact) mass is 263 g/mol. The van der Waals surface area contributed by atoms with Gasteiger partial charge >= 0.3 is 107 Å². The first-order valence-corrected chi connectivity index (χ1v) is 6.53. The molecule has 0 aliphatic carbocycles.